The van der Waals surface area contributed by atoms with E-state index in [0.29, 0.717) is 5.69 Å². The summed E-state index contributed by atoms with van der Waals surface area (Å²) in [5.41, 5.74) is 6.59. The summed E-state index contributed by atoms with van der Waals surface area (Å²) in [6, 6.07) is 2.84. The van der Waals surface area contributed by atoms with Crippen molar-refractivity contribution in [1.82, 2.24) is 5.32 Å². The van der Waals surface area contributed by atoms with Gasteiger partial charge in [-0.15, -0.1) is 0 Å². The van der Waals surface area contributed by atoms with E-state index in [1.807, 2.05) is 6.92 Å². The normalized spacial score (nSPS) is 13.2. The zero-order chi connectivity index (χ0) is 19.0. The van der Waals surface area contributed by atoms with Crippen LogP contribution in [0.4, 0.5) is 10.1 Å². The molecule has 1 aromatic rings. The molecule has 4 N–H and O–H groups in total. The maximum atomic E-state index is 13.8. The van der Waals surface area contributed by atoms with E-state index < -0.39 is 23.5 Å². The van der Waals surface area contributed by atoms with Crippen LogP contribution in [0.5, 0.6) is 0 Å². The van der Waals surface area contributed by atoms with Crippen molar-refractivity contribution in [3.8, 4) is 0 Å². The molecule has 0 aliphatic rings. The van der Waals surface area contributed by atoms with Crippen LogP contribution in [0.1, 0.15) is 55.5 Å². The lowest BCUT2D eigenvalue weighted by Crippen LogP contribution is -2.39. The number of primary amides is 1. The Morgan fingerprint density at radius 2 is 1.96 bits per heavy atom. The molecule has 1 unspecified atom stereocenters. The monoisotopic (exact) mass is 351 g/mol. The lowest BCUT2D eigenvalue weighted by atomic mass is 9.88. The SMILES string of the molecule is CCCCC[C@H](C)C(CNC(=O)c1c(NC)ccc(F)c1C)C(N)=O. The number of unbranched alkanes of at least 4 members (excludes halogenated alkanes) is 2. The number of benzene rings is 1. The van der Waals surface area contributed by atoms with Crippen molar-refractivity contribution in [3.05, 3.63) is 29.1 Å². The Bertz CT molecular complexity index is 605. The summed E-state index contributed by atoms with van der Waals surface area (Å²) in [6.07, 6.45) is 4.13. The second-order valence-electron chi connectivity index (χ2n) is 6.54. The Balaban J connectivity index is 2.82. The van der Waals surface area contributed by atoms with E-state index in [-0.39, 0.29) is 23.6 Å². The molecule has 25 heavy (non-hydrogen) atoms. The number of carbonyl (C=O) groups excluding carboxylic acids is 2. The fraction of sp³-hybridized carbons (Fsp3) is 0.579. The first-order chi connectivity index (χ1) is 11.8. The molecule has 1 aromatic carbocycles. The Kier molecular flexibility index (Phi) is 8.38. The van der Waals surface area contributed by atoms with Crippen molar-refractivity contribution in [3.63, 3.8) is 0 Å². The maximum absolute atomic E-state index is 13.8. The third kappa shape index (κ3) is 5.73. The minimum Gasteiger partial charge on any atom is -0.387 e. The number of nitrogens with two attached hydrogens (primary N) is 1. The van der Waals surface area contributed by atoms with Crippen LogP contribution in [0.15, 0.2) is 12.1 Å². The zero-order valence-corrected chi connectivity index (χ0v) is 15.6. The fourth-order valence-corrected chi connectivity index (χ4v) is 2.98. The average molecular weight is 351 g/mol. The van der Waals surface area contributed by atoms with Crippen molar-refractivity contribution in [2.45, 2.75) is 46.5 Å². The molecule has 6 heteroatoms. The molecule has 1 rings (SSSR count). The number of hydrogen-bond donors (Lipinski definition) is 3. The first-order valence-corrected chi connectivity index (χ1v) is 8.87. The standard InChI is InChI=1S/C19H30FN3O2/c1-5-6-7-8-12(2)14(18(21)24)11-23-19(25)17-13(3)15(20)9-10-16(17)22-4/h9-10,12,14,22H,5-8,11H2,1-4H3,(H2,21,24)(H,23,25)/t12-,14?/m0/s1. The van der Waals surface area contributed by atoms with Crippen LogP contribution in [0, 0.1) is 24.6 Å². The largest absolute Gasteiger partial charge is 0.387 e. The topological polar surface area (TPSA) is 84.2 Å². The Morgan fingerprint density at radius 3 is 2.52 bits per heavy atom. The van der Waals surface area contributed by atoms with Crippen molar-refractivity contribution in [2.75, 3.05) is 18.9 Å². The highest BCUT2D eigenvalue weighted by atomic mass is 19.1. The van der Waals surface area contributed by atoms with Gasteiger partial charge in [0.25, 0.3) is 5.91 Å². The number of rotatable bonds is 10. The molecule has 0 saturated heterocycles. The minimum atomic E-state index is -0.441. The zero-order valence-electron chi connectivity index (χ0n) is 15.6. The van der Waals surface area contributed by atoms with Gasteiger partial charge in [0.1, 0.15) is 5.82 Å². The highest BCUT2D eigenvalue weighted by Gasteiger charge is 2.24. The third-order valence-electron chi connectivity index (χ3n) is 4.69. The second kappa shape index (κ2) is 10.0. The van der Waals surface area contributed by atoms with Crippen molar-refractivity contribution < 1.29 is 14.0 Å². The summed E-state index contributed by atoms with van der Waals surface area (Å²) < 4.78 is 13.8. The van der Waals surface area contributed by atoms with Gasteiger partial charge >= 0.3 is 0 Å². The summed E-state index contributed by atoms with van der Waals surface area (Å²) in [5, 5.41) is 5.64. The molecule has 0 aliphatic carbocycles. The number of hydrogen-bond acceptors (Lipinski definition) is 3. The fourth-order valence-electron chi connectivity index (χ4n) is 2.98. The van der Waals surface area contributed by atoms with Crippen LogP contribution in [0.2, 0.25) is 0 Å². The van der Waals surface area contributed by atoms with Crippen molar-refractivity contribution >= 4 is 17.5 Å². The molecular formula is C19H30FN3O2. The number of halogens is 1. The van der Waals surface area contributed by atoms with E-state index in [2.05, 4.69) is 17.6 Å². The van der Waals surface area contributed by atoms with E-state index >= 15 is 0 Å². The van der Waals surface area contributed by atoms with Crippen LogP contribution in [-0.2, 0) is 4.79 Å². The molecule has 0 saturated carbocycles. The smallest absolute Gasteiger partial charge is 0.253 e. The van der Waals surface area contributed by atoms with Gasteiger partial charge in [-0.1, -0.05) is 33.1 Å². The number of amides is 2. The lowest BCUT2D eigenvalue weighted by molar-refractivity contribution is -0.123. The van der Waals surface area contributed by atoms with Crippen LogP contribution < -0.4 is 16.4 Å². The Morgan fingerprint density at radius 1 is 1.28 bits per heavy atom. The quantitative estimate of drug-likeness (QED) is 0.566. The van der Waals surface area contributed by atoms with Crippen LogP contribution in [-0.4, -0.2) is 25.4 Å². The molecule has 140 valence electrons. The Labute approximate surface area is 149 Å². The van der Waals surface area contributed by atoms with Crippen molar-refractivity contribution in [2.24, 2.45) is 17.6 Å². The van der Waals surface area contributed by atoms with E-state index in [0.717, 1.165) is 25.7 Å². The lowest BCUT2D eigenvalue weighted by Gasteiger charge is -2.22. The maximum Gasteiger partial charge on any atom is 0.253 e. The van der Waals surface area contributed by atoms with Gasteiger partial charge in [0.05, 0.1) is 11.5 Å². The van der Waals surface area contributed by atoms with Gasteiger partial charge in [0.15, 0.2) is 0 Å². The van der Waals surface area contributed by atoms with Crippen LogP contribution in [0.3, 0.4) is 0 Å². The summed E-state index contributed by atoms with van der Waals surface area (Å²) in [7, 11) is 1.67. The highest BCUT2D eigenvalue weighted by Crippen LogP contribution is 2.23. The molecule has 2 amide bonds. The van der Waals surface area contributed by atoms with Gasteiger partial charge in [-0.25, -0.2) is 4.39 Å². The average Bonchev–Trinajstić information content (AvgIpc) is 2.57. The number of carbonyl (C=O) groups is 2. The summed E-state index contributed by atoms with van der Waals surface area (Å²) in [4.78, 5) is 24.3. The Hall–Kier alpha value is -2.11. The molecule has 0 radical (unpaired) electrons. The van der Waals surface area contributed by atoms with E-state index in [1.165, 1.54) is 12.1 Å². The molecule has 0 spiro atoms. The van der Waals surface area contributed by atoms with Gasteiger partial charge in [0.2, 0.25) is 5.91 Å². The second-order valence-corrected chi connectivity index (χ2v) is 6.54. The van der Waals surface area contributed by atoms with Crippen LogP contribution >= 0.6 is 0 Å². The van der Waals surface area contributed by atoms with E-state index in [9.17, 15) is 14.0 Å². The van der Waals surface area contributed by atoms with Gasteiger partial charge in [0, 0.05) is 19.3 Å². The van der Waals surface area contributed by atoms with Gasteiger partial charge < -0.3 is 16.4 Å². The molecule has 0 aliphatic heterocycles. The predicted molar refractivity (Wildman–Crippen MR) is 99.0 cm³/mol. The van der Waals surface area contributed by atoms with Crippen molar-refractivity contribution in [1.29, 1.82) is 0 Å². The minimum absolute atomic E-state index is 0.0849. The van der Waals surface area contributed by atoms with E-state index in [1.54, 1.807) is 14.0 Å². The molecule has 0 fully saturated rings. The van der Waals surface area contributed by atoms with Crippen LogP contribution in [0.25, 0.3) is 0 Å². The molecule has 0 heterocycles. The van der Waals surface area contributed by atoms with Gasteiger partial charge in [-0.3, -0.25) is 9.59 Å². The molecule has 0 aromatic heterocycles. The summed E-state index contributed by atoms with van der Waals surface area (Å²) in [6.45, 7) is 5.81. The predicted octanol–water partition coefficient (Wildman–Crippen LogP) is 3.22. The van der Waals surface area contributed by atoms with Gasteiger partial charge in [-0.2, -0.15) is 0 Å². The molecular weight excluding hydrogens is 321 g/mol. The molecule has 0 bridgehead atoms. The van der Waals surface area contributed by atoms with E-state index in [4.69, 9.17) is 5.73 Å². The van der Waals surface area contributed by atoms with Gasteiger partial charge in [-0.05, 0) is 37.0 Å². The molecule has 2 atom stereocenters. The summed E-state index contributed by atoms with van der Waals surface area (Å²) in [5.74, 6) is -1.62. The number of nitrogens with one attached hydrogen (secondary N) is 2. The number of anilines is 1. The third-order valence-corrected chi connectivity index (χ3v) is 4.69. The first kappa shape index (κ1) is 20.9. The highest BCUT2D eigenvalue weighted by molar-refractivity contribution is 6.01. The summed E-state index contributed by atoms with van der Waals surface area (Å²) >= 11 is 0. The molecule has 5 nitrogen and oxygen atoms in total. The first-order valence-electron chi connectivity index (χ1n) is 8.87.